The fourth-order valence-electron chi connectivity index (χ4n) is 1.70. The lowest BCUT2D eigenvalue weighted by Gasteiger charge is -2.06. The van der Waals surface area contributed by atoms with E-state index in [1.807, 2.05) is 30.3 Å². The highest BCUT2D eigenvalue weighted by Crippen LogP contribution is 2.15. The number of nitrogens with one attached hydrogen (secondary N) is 1. The van der Waals surface area contributed by atoms with Crippen LogP contribution < -0.4 is 10.1 Å². The lowest BCUT2D eigenvalue weighted by Crippen LogP contribution is -2.32. The minimum Gasteiger partial charge on any atom is -0.508 e. The highest BCUT2D eigenvalue weighted by molar-refractivity contribution is 5.84. The lowest BCUT2D eigenvalue weighted by atomic mass is 10.1. The van der Waals surface area contributed by atoms with Gasteiger partial charge >= 0.3 is 5.97 Å². The van der Waals surface area contributed by atoms with Gasteiger partial charge in [-0.05, 0) is 29.8 Å². The van der Waals surface area contributed by atoms with Crippen molar-refractivity contribution in [2.24, 2.45) is 0 Å². The number of phenolic OH excluding ortho intramolecular Hbond substituents is 1. The lowest BCUT2D eigenvalue weighted by molar-refractivity contribution is -0.135. The molecule has 0 heterocycles. The van der Waals surface area contributed by atoms with Crippen LogP contribution in [0.2, 0.25) is 0 Å². The standard InChI is InChI=1S/C16H15NO4/c18-13-6-8-14(9-7-13)21-16(20)11-17-15(19)10-12-4-2-1-3-5-12/h1-9,18H,10-11H2,(H,17,19). The van der Waals surface area contributed by atoms with Crippen molar-refractivity contribution in [1.29, 1.82) is 0 Å². The number of hydrogen-bond acceptors (Lipinski definition) is 4. The maximum absolute atomic E-state index is 11.7. The average molecular weight is 285 g/mol. The number of phenols is 1. The van der Waals surface area contributed by atoms with E-state index in [1.54, 1.807) is 0 Å². The van der Waals surface area contributed by atoms with Crippen molar-refractivity contribution in [1.82, 2.24) is 5.32 Å². The van der Waals surface area contributed by atoms with E-state index in [-0.39, 0.29) is 24.6 Å². The van der Waals surface area contributed by atoms with E-state index in [0.717, 1.165) is 5.56 Å². The van der Waals surface area contributed by atoms with Gasteiger partial charge in [-0.2, -0.15) is 0 Å². The first kappa shape index (κ1) is 14.6. The van der Waals surface area contributed by atoms with Crippen molar-refractivity contribution >= 4 is 11.9 Å². The molecule has 0 aliphatic heterocycles. The van der Waals surface area contributed by atoms with Crippen LogP contribution in [0.3, 0.4) is 0 Å². The zero-order valence-corrected chi connectivity index (χ0v) is 11.3. The summed E-state index contributed by atoms with van der Waals surface area (Å²) in [5.41, 5.74) is 0.877. The fraction of sp³-hybridized carbons (Fsp3) is 0.125. The highest BCUT2D eigenvalue weighted by Gasteiger charge is 2.08. The smallest absolute Gasteiger partial charge is 0.330 e. The highest BCUT2D eigenvalue weighted by atomic mass is 16.5. The molecule has 0 radical (unpaired) electrons. The third-order valence-corrected chi connectivity index (χ3v) is 2.71. The summed E-state index contributed by atoms with van der Waals surface area (Å²) in [5.74, 6) is -0.410. The molecular formula is C16H15NO4. The Morgan fingerprint density at radius 1 is 1.00 bits per heavy atom. The number of rotatable bonds is 5. The summed E-state index contributed by atoms with van der Waals surface area (Å²) in [5, 5.41) is 11.6. The van der Waals surface area contributed by atoms with Crippen LogP contribution in [0, 0.1) is 0 Å². The van der Waals surface area contributed by atoms with Crippen LogP contribution in [-0.4, -0.2) is 23.5 Å². The second-order valence-corrected chi connectivity index (χ2v) is 4.41. The van der Waals surface area contributed by atoms with Crippen LogP contribution >= 0.6 is 0 Å². The molecule has 1 amide bonds. The summed E-state index contributed by atoms with van der Waals surface area (Å²) in [4.78, 5) is 23.2. The van der Waals surface area contributed by atoms with Gasteiger partial charge in [0.1, 0.15) is 18.0 Å². The number of esters is 1. The SMILES string of the molecule is O=C(Cc1ccccc1)NCC(=O)Oc1ccc(O)cc1. The maximum Gasteiger partial charge on any atom is 0.330 e. The molecule has 108 valence electrons. The van der Waals surface area contributed by atoms with Crippen molar-refractivity contribution in [2.75, 3.05) is 6.54 Å². The van der Waals surface area contributed by atoms with Gasteiger partial charge in [0.2, 0.25) is 5.91 Å². The topological polar surface area (TPSA) is 75.6 Å². The summed E-state index contributed by atoms with van der Waals surface area (Å²) < 4.78 is 5.01. The summed E-state index contributed by atoms with van der Waals surface area (Å²) in [6, 6.07) is 15.0. The quantitative estimate of drug-likeness (QED) is 0.647. The molecule has 0 saturated heterocycles. The third kappa shape index (κ3) is 4.99. The minimum atomic E-state index is -0.567. The fourth-order valence-corrected chi connectivity index (χ4v) is 1.70. The van der Waals surface area contributed by atoms with Crippen LogP contribution in [0.25, 0.3) is 0 Å². The number of carbonyl (C=O) groups is 2. The first-order chi connectivity index (χ1) is 10.1. The molecule has 0 aromatic heterocycles. The largest absolute Gasteiger partial charge is 0.508 e. The molecule has 0 bridgehead atoms. The van der Waals surface area contributed by atoms with Gasteiger partial charge in [-0.3, -0.25) is 4.79 Å². The molecule has 0 aliphatic carbocycles. The molecule has 0 fully saturated rings. The zero-order valence-electron chi connectivity index (χ0n) is 11.3. The summed E-state index contributed by atoms with van der Waals surface area (Å²) in [6.07, 6.45) is 0.216. The molecule has 21 heavy (non-hydrogen) atoms. The third-order valence-electron chi connectivity index (χ3n) is 2.71. The van der Waals surface area contributed by atoms with E-state index in [2.05, 4.69) is 5.32 Å². The van der Waals surface area contributed by atoms with Gasteiger partial charge in [-0.15, -0.1) is 0 Å². The Morgan fingerprint density at radius 2 is 1.67 bits per heavy atom. The normalized spacial score (nSPS) is 9.90. The van der Waals surface area contributed by atoms with Gasteiger partial charge in [0.05, 0.1) is 6.42 Å². The predicted octanol–water partition coefficient (Wildman–Crippen LogP) is 1.66. The Morgan fingerprint density at radius 3 is 2.33 bits per heavy atom. The molecule has 0 unspecified atom stereocenters. The zero-order chi connectivity index (χ0) is 15.1. The van der Waals surface area contributed by atoms with Crippen molar-refractivity contribution in [2.45, 2.75) is 6.42 Å². The van der Waals surface area contributed by atoms with E-state index < -0.39 is 5.97 Å². The summed E-state index contributed by atoms with van der Waals surface area (Å²) >= 11 is 0. The van der Waals surface area contributed by atoms with Crippen molar-refractivity contribution in [3.05, 3.63) is 60.2 Å². The minimum absolute atomic E-state index is 0.0889. The molecule has 0 saturated carbocycles. The van der Waals surface area contributed by atoms with E-state index in [1.165, 1.54) is 24.3 Å². The van der Waals surface area contributed by atoms with Crippen molar-refractivity contribution in [3.8, 4) is 11.5 Å². The predicted molar refractivity (Wildman–Crippen MR) is 76.9 cm³/mol. The number of amides is 1. The molecular weight excluding hydrogens is 270 g/mol. The van der Waals surface area contributed by atoms with Crippen LogP contribution in [0.1, 0.15) is 5.56 Å². The number of benzene rings is 2. The average Bonchev–Trinajstić information content (AvgIpc) is 2.49. The molecule has 2 aromatic carbocycles. The Labute approximate surface area is 122 Å². The molecule has 2 rings (SSSR count). The van der Waals surface area contributed by atoms with Crippen LogP contribution in [0.5, 0.6) is 11.5 Å². The van der Waals surface area contributed by atoms with Crippen LogP contribution in [0.15, 0.2) is 54.6 Å². The van der Waals surface area contributed by atoms with E-state index >= 15 is 0 Å². The van der Waals surface area contributed by atoms with Gasteiger partial charge in [-0.25, -0.2) is 4.79 Å². The van der Waals surface area contributed by atoms with E-state index in [4.69, 9.17) is 9.84 Å². The van der Waals surface area contributed by atoms with Crippen LogP contribution in [0.4, 0.5) is 0 Å². The van der Waals surface area contributed by atoms with E-state index in [0.29, 0.717) is 5.75 Å². The molecule has 0 aliphatic rings. The second-order valence-electron chi connectivity index (χ2n) is 4.41. The maximum atomic E-state index is 11.7. The number of ether oxygens (including phenoxy) is 1. The van der Waals surface area contributed by atoms with Gasteiger partial charge in [-0.1, -0.05) is 30.3 Å². The number of hydrogen-bond donors (Lipinski definition) is 2. The molecule has 2 N–H and O–H groups in total. The van der Waals surface area contributed by atoms with Gasteiger partial charge in [0.15, 0.2) is 0 Å². The Balaban J connectivity index is 1.76. The summed E-state index contributed by atoms with van der Waals surface area (Å²) in [6.45, 7) is -0.202. The molecule has 5 nitrogen and oxygen atoms in total. The molecule has 5 heteroatoms. The monoisotopic (exact) mass is 285 g/mol. The van der Waals surface area contributed by atoms with Crippen molar-refractivity contribution < 1.29 is 19.4 Å². The first-order valence-corrected chi connectivity index (χ1v) is 6.44. The molecule has 0 atom stereocenters. The number of carbonyl (C=O) groups excluding carboxylic acids is 2. The summed E-state index contributed by atoms with van der Waals surface area (Å²) in [7, 11) is 0. The second kappa shape index (κ2) is 7.09. The first-order valence-electron chi connectivity index (χ1n) is 6.44. The van der Waals surface area contributed by atoms with E-state index in [9.17, 15) is 9.59 Å². The molecule has 2 aromatic rings. The van der Waals surface area contributed by atoms with Crippen molar-refractivity contribution in [3.63, 3.8) is 0 Å². The Kier molecular flexibility index (Phi) is 4.93. The van der Waals surface area contributed by atoms with Gasteiger partial charge in [0, 0.05) is 0 Å². The number of aromatic hydroxyl groups is 1. The Bertz CT molecular complexity index is 608. The van der Waals surface area contributed by atoms with Crippen LogP contribution in [-0.2, 0) is 16.0 Å². The Hall–Kier alpha value is -2.82. The molecule has 0 spiro atoms. The van der Waals surface area contributed by atoms with Gasteiger partial charge < -0.3 is 15.2 Å². The van der Waals surface area contributed by atoms with Gasteiger partial charge in [0.25, 0.3) is 0 Å².